The van der Waals surface area contributed by atoms with Crippen LogP contribution >= 0.6 is 11.3 Å². The molecule has 0 saturated heterocycles. The second-order valence-electron chi connectivity index (χ2n) is 5.12. The van der Waals surface area contributed by atoms with Gasteiger partial charge in [0.25, 0.3) is 0 Å². The molecule has 0 spiro atoms. The minimum absolute atomic E-state index is 0.965. The van der Waals surface area contributed by atoms with Crippen molar-refractivity contribution in [1.29, 1.82) is 0 Å². The first-order valence-electron chi connectivity index (χ1n) is 6.88. The number of allylic oxidation sites excluding steroid dienone is 1. The van der Waals surface area contributed by atoms with Gasteiger partial charge in [0.1, 0.15) is 17.0 Å². The highest BCUT2D eigenvalue weighted by Crippen LogP contribution is 2.32. The Hall–Kier alpha value is -1.42. The first-order chi connectivity index (χ1) is 9.25. The summed E-state index contributed by atoms with van der Waals surface area (Å²) in [6.07, 6.45) is 9.04. The number of fused-ring (bicyclic) bond motifs is 1. The summed E-state index contributed by atoms with van der Waals surface area (Å²) in [6.45, 7) is 5.27. The third-order valence-corrected chi connectivity index (χ3v) is 4.95. The molecule has 1 N–H and O–H groups in total. The number of nitrogens with one attached hydrogen (secondary N) is 1. The fraction of sp³-hybridized carbons (Fsp3) is 0.467. The Labute approximate surface area is 117 Å². The fourth-order valence-corrected chi connectivity index (χ4v) is 3.62. The maximum absolute atomic E-state index is 4.41. The van der Waals surface area contributed by atoms with Crippen molar-refractivity contribution in [1.82, 2.24) is 9.97 Å². The van der Waals surface area contributed by atoms with Gasteiger partial charge in [-0.3, -0.25) is 0 Å². The van der Waals surface area contributed by atoms with Gasteiger partial charge >= 0.3 is 0 Å². The summed E-state index contributed by atoms with van der Waals surface area (Å²) in [7, 11) is 0. The van der Waals surface area contributed by atoms with Crippen molar-refractivity contribution in [3.8, 4) is 0 Å². The molecule has 0 aliphatic heterocycles. The lowest BCUT2D eigenvalue weighted by molar-refractivity contribution is 0.862. The lowest BCUT2D eigenvalue weighted by Gasteiger charge is -2.07. The molecule has 0 amide bonds. The Bertz CT molecular complexity index is 628. The summed E-state index contributed by atoms with van der Waals surface area (Å²) in [4.78, 5) is 11.2. The van der Waals surface area contributed by atoms with Gasteiger partial charge in [-0.25, -0.2) is 9.97 Å². The number of aromatic nitrogens is 2. The maximum Gasteiger partial charge on any atom is 0.138 e. The van der Waals surface area contributed by atoms with Gasteiger partial charge in [-0.05, 0) is 45.1 Å². The smallest absolute Gasteiger partial charge is 0.138 e. The largest absolute Gasteiger partial charge is 0.369 e. The van der Waals surface area contributed by atoms with Crippen LogP contribution in [0.15, 0.2) is 18.0 Å². The van der Waals surface area contributed by atoms with E-state index in [1.807, 2.05) is 0 Å². The van der Waals surface area contributed by atoms with Crippen LogP contribution in [0.5, 0.6) is 0 Å². The molecule has 0 unspecified atom stereocenters. The highest BCUT2D eigenvalue weighted by atomic mass is 32.1. The topological polar surface area (TPSA) is 37.8 Å². The molecule has 0 radical (unpaired) electrons. The first-order valence-corrected chi connectivity index (χ1v) is 7.70. The van der Waals surface area contributed by atoms with Gasteiger partial charge < -0.3 is 5.32 Å². The van der Waals surface area contributed by atoms with Crippen molar-refractivity contribution in [2.45, 2.75) is 39.5 Å². The molecular formula is C15H19N3S. The van der Waals surface area contributed by atoms with Crippen LogP contribution in [0.25, 0.3) is 10.2 Å². The van der Waals surface area contributed by atoms with Crippen LogP contribution in [0.4, 0.5) is 5.82 Å². The van der Waals surface area contributed by atoms with Gasteiger partial charge in [0.2, 0.25) is 0 Å². The van der Waals surface area contributed by atoms with Crippen molar-refractivity contribution in [2.75, 3.05) is 11.9 Å². The molecule has 2 aromatic rings. The molecule has 2 aromatic heterocycles. The number of anilines is 1. The molecule has 0 aromatic carbocycles. The van der Waals surface area contributed by atoms with Gasteiger partial charge in [-0.2, -0.15) is 0 Å². The molecule has 1 aliphatic rings. The molecule has 0 saturated carbocycles. The molecule has 1 aliphatic carbocycles. The molecular weight excluding hydrogens is 254 g/mol. The summed E-state index contributed by atoms with van der Waals surface area (Å²) in [5, 5.41) is 4.68. The van der Waals surface area contributed by atoms with Crippen molar-refractivity contribution in [3.05, 3.63) is 28.4 Å². The van der Waals surface area contributed by atoms with E-state index >= 15 is 0 Å². The molecule has 3 rings (SSSR count). The summed E-state index contributed by atoms with van der Waals surface area (Å²) in [5.41, 5.74) is 2.90. The maximum atomic E-state index is 4.41. The van der Waals surface area contributed by atoms with Crippen LogP contribution in [0, 0.1) is 13.8 Å². The van der Waals surface area contributed by atoms with Crippen molar-refractivity contribution >= 4 is 27.4 Å². The van der Waals surface area contributed by atoms with E-state index in [4.69, 9.17) is 0 Å². The van der Waals surface area contributed by atoms with Gasteiger partial charge in [-0.1, -0.05) is 11.6 Å². The number of hydrogen-bond acceptors (Lipinski definition) is 4. The predicted octanol–water partition coefficient (Wildman–Crippen LogP) is 4.22. The highest BCUT2D eigenvalue weighted by molar-refractivity contribution is 7.18. The van der Waals surface area contributed by atoms with E-state index in [9.17, 15) is 0 Å². The van der Waals surface area contributed by atoms with E-state index in [1.165, 1.54) is 35.1 Å². The second kappa shape index (κ2) is 5.29. The third-order valence-electron chi connectivity index (χ3n) is 3.84. The number of rotatable bonds is 4. The van der Waals surface area contributed by atoms with E-state index in [0.29, 0.717) is 0 Å². The van der Waals surface area contributed by atoms with E-state index in [-0.39, 0.29) is 0 Å². The molecule has 0 bridgehead atoms. The van der Waals surface area contributed by atoms with Gasteiger partial charge in [0.05, 0.1) is 5.39 Å². The Kier molecular flexibility index (Phi) is 3.51. The fourth-order valence-electron chi connectivity index (χ4n) is 2.62. The predicted molar refractivity (Wildman–Crippen MR) is 81.9 cm³/mol. The zero-order valence-electron chi connectivity index (χ0n) is 11.5. The standard InChI is InChI=1S/C15H19N3S/c1-10-11(2)19-15-13(10)14(17-9-18-15)16-8-7-12-5-3-4-6-12/h5,9H,3-4,6-8H2,1-2H3,(H,16,17,18). The summed E-state index contributed by atoms with van der Waals surface area (Å²) in [6, 6.07) is 0. The number of thiophene rings is 1. The van der Waals surface area contributed by atoms with Crippen molar-refractivity contribution in [2.24, 2.45) is 0 Å². The molecule has 0 fully saturated rings. The SMILES string of the molecule is Cc1sc2ncnc(NCCC3=CCCC3)c2c1C. The minimum Gasteiger partial charge on any atom is -0.369 e. The minimum atomic E-state index is 0.965. The monoisotopic (exact) mass is 273 g/mol. The second-order valence-corrected chi connectivity index (χ2v) is 6.32. The van der Waals surface area contributed by atoms with Gasteiger partial charge in [0.15, 0.2) is 0 Å². The summed E-state index contributed by atoms with van der Waals surface area (Å²) < 4.78 is 0. The number of nitrogens with zero attached hydrogens (tertiary/aromatic N) is 2. The Morgan fingerprint density at radius 1 is 1.32 bits per heavy atom. The molecule has 100 valence electrons. The third kappa shape index (κ3) is 2.50. The van der Waals surface area contributed by atoms with Crippen LogP contribution in [0.3, 0.4) is 0 Å². The van der Waals surface area contributed by atoms with Crippen LogP contribution in [0.2, 0.25) is 0 Å². The summed E-state index contributed by atoms with van der Waals surface area (Å²) >= 11 is 1.75. The van der Waals surface area contributed by atoms with Crippen LogP contribution < -0.4 is 5.32 Å². The molecule has 4 heteroatoms. The Balaban J connectivity index is 1.76. The first kappa shape index (κ1) is 12.6. The average molecular weight is 273 g/mol. The van der Waals surface area contributed by atoms with E-state index < -0.39 is 0 Å². The highest BCUT2D eigenvalue weighted by Gasteiger charge is 2.11. The lowest BCUT2D eigenvalue weighted by atomic mass is 10.1. The zero-order valence-corrected chi connectivity index (χ0v) is 12.3. The molecule has 0 atom stereocenters. The van der Waals surface area contributed by atoms with Gasteiger partial charge in [0, 0.05) is 11.4 Å². The van der Waals surface area contributed by atoms with Crippen LogP contribution in [-0.4, -0.2) is 16.5 Å². The molecule has 3 nitrogen and oxygen atoms in total. The molecule has 19 heavy (non-hydrogen) atoms. The quantitative estimate of drug-likeness (QED) is 0.847. The van der Waals surface area contributed by atoms with Crippen LogP contribution in [0.1, 0.15) is 36.1 Å². The Morgan fingerprint density at radius 3 is 3.00 bits per heavy atom. The normalized spacial score (nSPS) is 14.9. The van der Waals surface area contributed by atoms with Gasteiger partial charge in [-0.15, -0.1) is 11.3 Å². The average Bonchev–Trinajstić information content (AvgIpc) is 3.00. The Morgan fingerprint density at radius 2 is 2.21 bits per heavy atom. The summed E-state index contributed by atoms with van der Waals surface area (Å²) in [5.74, 6) is 0.991. The number of aryl methyl sites for hydroxylation is 2. The lowest BCUT2D eigenvalue weighted by Crippen LogP contribution is -2.04. The van der Waals surface area contributed by atoms with E-state index in [1.54, 1.807) is 23.2 Å². The van der Waals surface area contributed by atoms with Crippen molar-refractivity contribution in [3.63, 3.8) is 0 Å². The number of hydrogen-bond donors (Lipinski definition) is 1. The molecule has 2 heterocycles. The van der Waals surface area contributed by atoms with Crippen LogP contribution in [-0.2, 0) is 0 Å². The van der Waals surface area contributed by atoms with E-state index in [2.05, 4.69) is 35.2 Å². The van der Waals surface area contributed by atoms with Crippen molar-refractivity contribution < 1.29 is 0 Å². The van der Waals surface area contributed by atoms with E-state index in [0.717, 1.165) is 23.6 Å². The zero-order chi connectivity index (χ0) is 13.2.